The average Bonchev–Trinajstić information content (AvgIpc) is 2.35. The number of benzene rings is 1. The molecule has 1 unspecified atom stereocenters. The Hall–Kier alpha value is -1.64. The van der Waals surface area contributed by atoms with Crippen molar-refractivity contribution in [3.8, 4) is 0 Å². The molecule has 1 aromatic rings. The number of rotatable bonds is 2. The molecule has 0 spiro atoms. The van der Waals surface area contributed by atoms with Gasteiger partial charge in [0, 0.05) is 19.6 Å². The molecule has 1 saturated heterocycles. The largest absolute Gasteiger partial charge is 0.377 e. The first kappa shape index (κ1) is 11.8. The summed E-state index contributed by atoms with van der Waals surface area (Å²) in [5, 5.41) is 3.03. The molecule has 17 heavy (non-hydrogen) atoms. The molecule has 0 radical (unpaired) electrons. The Bertz CT molecular complexity index is 437. The van der Waals surface area contributed by atoms with Crippen LogP contribution in [0.25, 0.3) is 0 Å². The molecule has 0 aliphatic carbocycles. The number of piperazine rings is 1. The van der Waals surface area contributed by atoms with E-state index in [0.29, 0.717) is 12.2 Å². The van der Waals surface area contributed by atoms with Crippen LogP contribution in [0.1, 0.15) is 12.5 Å². The van der Waals surface area contributed by atoms with Crippen LogP contribution in [0, 0.1) is 5.82 Å². The summed E-state index contributed by atoms with van der Waals surface area (Å²) in [6.45, 7) is 4.30. The molecule has 0 bridgehead atoms. The van der Waals surface area contributed by atoms with Gasteiger partial charge in [0.2, 0.25) is 0 Å². The molecule has 1 aromatic carbocycles. The summed E-state index contributed by atoms with van der Waals surface area (Å²) >= 11 is 0. The highest BCUT2D eigenvalue weighted by Gasteiger charge is 2.23. The molecule has 4 heteroatoms. The van der Waals surface area contributed by atoms with E-state index in [9.17, 15) is 9.18 Å². The Morgan fingerprint density at radius 3 is 2.82 bits per heavy atom. The third kappa shape index (κ3) is 2.73. The zero-order chi connectivity index (χ0) is 12.3. The van der Waals surface area contributed by atoms with Gasteiger partial charge in [-0.1, -0.05) is 12.1 Å². The van der Waals surface area contributed by atoms with Crippen LogP contribution in [0.5, 0.6) is 0 Å². The fourth-order valence-corrected chi connectivity index (χ4v) is 2.02. The normalized spacial score (nSPS) is 20.8. The number of halogens is 1. The third-order valence-electron chi connectivity index (χ3n) is 3.09. The van der Waals surface area contributed by atoms with E-state index in [4.69, 9.17) is 0 Å². The monoisotopic (exact) mass is 234 g/mol. The first-order valence-electron chi connectivity index (χ1n) is 5.68. The van der Waals surface area contributed by atoms with Crippen LogP contribution >= 0.6 is 0 Å². The van der Waals surface area contributed by atoms with E-state index in [0.717, 1.165) is 18.7 Å². The highest BCUT2D eigenvalue weighted by atomic mass is 19.1. The van der Waals surface area contributed by atoms with Crippen molar-refractivity contribution in [1.82, 2.24) is 10.2 Å². The molecule has 0 amide bonds. The molecule has 3 nitrogen and oxygen atoms in total. The minimum atomic E-state index is -0.226. The summed E-state index contributed by atoms with van der Waals surface area (Å²) in [6, 6.07) is 6.49. The van der Waals surface area contributed by atoms with Gasteiger partial charge in [-0.3, -0.25) is 4.90 Å². The van der Waals surface area contributed by atoms with Crippen LogP contribution in [-0.4, -0.2) is 30.0 Å². The van der Waals surface area contributed by atoms with Crippen molar-refractivity contribution in [2.75, 3.05) is 13.1 Å². The Kier molecular flexibility index (Phi) is 3.57. The van der Waals surface area contributed by atoms with Crippen LogP contribution in [0.15, 0.2) is 30.0 Å². The summed E-state index contributed by atoms with van der Waals surface area (Å²) in [5.74, 6) is 1.71. The predicted octanol–water partition coefficient (Wildman–Crippen LogP) is 1.33. The van der Waals surface area contributed by atoms with Crippen LogP contribution in [-0.2, 0) is 11.3 Å². The summed E-state index contributed by atoms with van der Waals surface area (Å²) < 4.78 is 12.8. The van der Waals surface area contributed by atoms with Gasteiger partial charge in [-0.15, -0.1) is 0 Å². The van der Waals surface area contributed by atoms with Crippen molar-refractivity contribution in [2.45, 2.75) is 19.5 Å². The highest BCUT2D eigenvalue weighted by Crippen LogP contribution is 2.14. The Balaban J connectivity index is 2.08. The SMILES string of the molecule is CC1C(=C=O)NCCN1Cc1ccc(F)cc1. The van der Waals surface area contributed by atoms with Crippen LogP contribution in [0.4, 0.5) is 4.39 Å². The van der Waals surface area contributed by atoms with E-state index in [1.807, 2.05) is 12.9 Å². The van der Waals surface area contributed by atoms with E-state index >= 15 is 0 Å². The molecule has 0 aromatic heterocycles. The van der Waals surface area contributed by atoms with Gasteiger partial charge < -0.3 is 5.32 Å². The summed E-state index contributed by atoms with van der Waals surface area (Å²) in [5.41, 5.74) is 1.64. The molecule has 1 fully saturated rings. The smallest absolute Gasteiger partial charge is 0.147 e. The van der Waals surface area contributed by atoms with Crippen molar-refractivity contribution in [3.63, 3.8) is 0 Å². The average molecular weight is 234 g/mol. The summed E-state index contributed by atoms with van der Waals surface area (Å²) in [6.07, 6.45) is 0. The summed E-state index contributed by atoms with van der Waals surface area (Å²) in [4.78, 5) is 12.9. The van der Waals surface area contributed by atoms with E-state index in [1.165, 1.54) is 12.1 Å². The lowest BCUT2D eigenvalue weighted by atomic mass is 10.1. The predicted molar refractivity (Wildman–Crippen MR) is 63.5 cm³/mol. The number of carbonyl (C=O) groups excluding carboxylic acids is 1. The van der Waals surface area contributed by atoms with E-state index in [2.05, 4.69) is 10.2 Å². The van der Waals surface area contributed by atoms with Crippen molar-refractivity contribution in [1.29, 1.82) is 0 Å². The fraction of sp³-hybridized carbons (Fsp3) is 0.385. The Morgan fingerprint density at radius 1 is 1.47 bits per heavy atom. The molecular formula is C13H15FN2O. The zero-order valence-electron chi connectivity index (χ0n) is 9.74. The number of nitrogens with one attached hydrogen (secondary N) is 1. The second kappa shape index (κ2) is 5.13. The van der Waals surface area contributed by atoms with Gasteiger partial charge in [0.05, 0.1) is 6.04 Å². The Morgan fingerprint density at radius 2 is 2.18 bits per heavy atom. The second-order valence-corrected chi connectivity index (χ2v) is 4.22. The lowest BCUT2D eigenvalue weighted by molar-refractivity contribution is 0.195. The summed E-state index contributed by atoms with van der Waals surface area (Å²) in [7, 11) is 0. The fourth-order valence-electron chi connectivity index (χ4n) is 2.02. The van der Waals surface area contributed by atoms with Crippen LogP contribution < -0.4 is 5.32 Å². The lowest BCUT2D eigenvalue weighted by Gasteiger charge is -2.34. The van der Waals surface area contributed by atoms with Crippen molar-refractivity contribution in [3.05, 3.63) is 41.3 Å². The molecule has 1 heterocycles. The van der Waals surface area contributed by atoms with Crippen LogP contribution in [0.3, 0.4) is 0 Å². The third-order valence-corrected chi connectivity index (χ3v) is 3.09. The maximum absolute atomic E-state index is 12.8. The minimum Gasteiger partial charge on any atom is -0.377 e. The van der Waals surface area contributed by atoms with Gasteiger partial charge in [-0.2, -0.15) is 0 Å². The maximum Gasteiger partial charge on any atom is 0.147 e. The number of hydrogen-bond donors (Lipinski definition) is 1. The second-order valence-electron chi connectivity index (χ2n) is 4.22. The van der Waals surface area contributed by atoms with Gasteiger partial charge >= 0.3 is 0 Å². The molecule has 0 saturated carbocycles. The maximum atomic E-state index is 12.8. The van der Waals surface area contributed by atoms with Crippen molar-refractivity contribution in [2.24, 2.45) is 0 Å². The molecule has 90 valence electrons. The molecular weight excluding hydrogens is 219 g/mol. The first-order chi connectivity index (χ1) is 8.20. The molecule has 1 aliphatic rings. The minimum absolute atomic E-state index is 0.0336. The molecule has 1 atom stereocenters. The topological polar surface area (TPSA) is 32.3 Å². The zero-order valence-corrected chi connectivity index (χ0v) is 9.74. The molecule has 2 rings (SSSR count). The number of nitrogens with zero attached hydrogens (tertiary/aromatic N) is 1. The van der Waals surface area contributed by atoms with Crippen molar-refractivity contribution >= 4 is 5.94 Å². The molecule has 1 aliphatic heterocycles. The number of hydrogen-bond acceptors (Lipinski definition) is 3. The van der Waals surface area contributed by atoms with Gasteiger partial charge in [0.15, 0.2) is 0 Å². The quantitative estimate of drug-likeness (QED) is 0.784. The highest BCUT2D eigenvalue weighted by molar-refractivity contribution is 5.53. The van der Waals surface area contributed by atoms with Gasteiger partial charge in [0.25, 0.3) is 0 Å². The van der Waals surface area contributed by atoms with Crippen molar-refractivity contribution < 1.29 is 9.18 Å². The van der Waals surface area contributed by atoms with Crippen LogP contribution in [0.2, 0.25) is 0 Å². The van der Waals surface area contributed by atoms with E-state index < -0.39 is 0 Å². The van der Waals surface area contributed by atoms with E-state index in [-0.39, 0.29) is 11.9 Å². The van der Waals surface area contributed by atoms with Gasteiger partial charge in [-0.05, 0) is 24.6 Å². The first-order valence-corrected chi connectivity index (χ1v) is 5.68. The van der Waals surface area contributed by atoms with Gasteiger partial charge in [0.1, 0.15) is 17.5 Å². The van der Waals surface area contributed by atoms with Gasteiger partial charge in [-0.25, -0.2) is 9.18 Å². The van der Waals surface area contributed by atoms with E-state index in [1.54, 1.807) is 12.1 Å². The molecule has 1 N–H and O–H groups in total. The standard InChI is InChI=1S/C13H15FN2O/c1-10-13(9-17)15-6-7-16(10)8-11-2-4-12(14)5-3-11/h2-5,10,15H,6-8H2,1H3. The lowest BCUT2D eigenvalue weighted by Crippen LogP contribution is -2.47. The Labute approximate surface area is 99.9 Å².